The van der Waals surface area contributed by atoms with Crippen molar-refractivity contribution in [3.63, 3.8) is 0 Å². The first-order chi connectivity index (χ1) is 9.72. The molecule has 3 aromatic heterocycles. The zero-order chi connectivity index (χ0) is 13.7. The third kappa shape index (κ3) is 1.65. The van der Waals surface area contributed by atoms with Crippen molar-refractivity contribution < 1.29 is 9.90 Å². The summed E-state index contributed by atoms with van der Waals surface area (Å²) < 4.78 is 2.45. The van der Waals surface area contributed by atoms with Crippen LogP contribution in [0.5, 0.6) is 0 Å². The number of aromatic amines is 1. The van der Waals surface area contributed by atoms with E-state index in [1.807, 2.05) is 6.07 Å². The molecule has 0 aliphatic rings. The van der Waals surface area contributed by atoms with E-state index in [0.29, 0.717) is 5.52 Å². The highest BCUT2D eigenvalue weighted by atomic mass is 32.1. The fourth-order valence-corrected chi connectivity index (χ4v) is 4.26. The summed E-state index contributed by atoms with van der Waals surface area (Å²) in [5.74, 6) is -0.233. The summed E-state index contributed by atoms with van der Waals surface area (Å²) in [6.07, 6.45) is 0. The fourth-order valence-electron chi connectivity index (χ4n) is 2.20. The molecular formula is C14H8N2O2S2. The lowest BCUT2D eigenvalue weighted by Crippen LogP contribution is -1.96. The van der Waals surface area contributed by atoms with Crippen LogP contribution in [0.4, 0.5) is 0 Å². The number of hydrogen-bond donors (Lipinski definition) is 2. The summed E-state index contributed by atoms with van der Waals surface area (Å²) in [4.78, 5) is 19.9. The van der Waals surface area contributed by atoms with E-state index in [-0.39, 0.29) is 5.56 Å². The molecule has 4 rings (SSSR count). The van der Waals surface area contributed by atoms with Gasteiger partial charge in [0.25, 0.3) is 0 Å². The number of hydrogen-bond acceptors (Lipinski definition) is 4. The summed E-state index contributed by atoms with van der Waals surface area (Å²) in [6.45, 7) is 0. The van der Waals surface area contributed by atoms with Gasteiger partial charge < -0.3 is 10.1 Å². The van der Waals surface area contributed by atoms with Crippen molar-refractivity contribution in [1.82, 2.24) is 9.97 Å². The molecule has 20 heavy (non-hydrogen) atoms. The molecule has 0 atom stereocenters. The highest BCUT2D eigenvalue weighted by molar-refractivity contribution is 7.28. The number of carboxylic acids is 1. The van der Waals surface area contributed by atoms with Crippen LogP contribution in [-0.4, -0.2) is 21.0 Å². The van der Waals surface area contributed by atoms with Gasteiger partial charge in [-0.25, -0.2) is 9.78 Å². The standard InChI is InChI=1S/C14H8N2O2S2/c17-14(18)7-2-1-3-8-12(7)16-13(15-8)11-6-10-9(20-11)4-5-19-10/h1-6H,(H,15,16)(H,17,18). The molecule has 0 saturated heterocycles. The van der Waals surface area contributed by atoms with Crippen LogP contribution in [0.25, 0.3) is 31.1 Å². The Morgan fingerprint density at radius 3 is 2.95 bits per heavy atom. The summed E-state index contributed by atoms with van der Waals surface area (Å²) in [5, 5.41) is 11.3. The summed E-state index contributed by atoms with van der Waals surface area (Å²) in [6, 6.07) is 9.31. The maximum Gasteiger partial charge on any atom is 0.337 e. The van der Waals surface area contributed by atoms with Gasteiger partial charge in [-0.3, -0.25) is 0 Å². The van der Waals surface area contributed by atoms with Crippen LogP contribution in [-0.2, 0) is 0 Å². The van der Waals surface area contributed by atoms with Gasteiger partial charge in [0, 0.05) is 9.40 Å². The second-order valence-corrected chi connectivity index (χ2v) is 6.38. The van der Waals surface area contributed by atoms with Crippen molar-refractivity contribution >= 4 is 49.1 Å². The van der Waals surface area contributed by atoms with E-state index >= 15 is 0 Å². The Morgan fingerprint density at radius 1 is 1.25 bits per heavy atom. The molecule has 3 heterocycles. The largest absolute Gasteiger partial charge is 0.478 e. The quantitative estimate of drug-likeness (QED) is 0.583. The minimum absolute atomic E-state index is 0.225. The number of imidazole rings is 1. The number of nitrogens with one attached hydrogen (secondary N) is 1. The lowest BCUT2D eigenvalue weighted by Gasteiger charge is -1.93. The predicted octanol–water partition coefficient (Wildman–Crippen LogP) is 4.20. The molecule has 0 radical (unpaired) electrons. The monoisotopic (exact) mass is 300 g/mol. The molecular weight excluding hydrogens is 292 g/mol. The van der Waals surface area contributed by atoms with Gasteiger partial charge in [-0.2, -0.15) is 0 Å². The Balaban J connectivity index is 1.94. The van der Waals surface area contributed by atoms with E-state index in [2.05, 4.69) is 27.5 Å². The molecule has 98 valence electrons. The van der Waals surface area contributed by atoms with Crippen molar-refractivity contribution in [3.05, 3.63) is 41.3 Å². The number of aromatic nitrogens is 2. The van der Waals surface area contributed by atoms with E-state index in [0.717, 1.165) is 16.2 Å². The fraction of sp³-hybridized carbons (Fsp3) is 0. The van der Waals surface area contributed by atoms with E-state index < -0.39 is 5.97 Å². The number of benzene rings is 1. The highest BCUT2D eigenvalue weighted by Crippen LogP contribution is 2.36. The average molecular weight is 300 g/mol. The molecule has 0 aliphatic heterocycles. The average Bonchev–Trinajstić information content (AvgIpc) is 3.10. The van der Waals surface area contributed by atoms with E-state index in [1.165, 1.54) is 9.40 Å². The summed E-state index contributed by atoms with van der Waals surface area (Å²) >= 11 is 3.35. The molecule has 0 aliphatic carbocycles. The van der Waals surface area contributed by atoms with Gasteiger partial charge in [0.1, 0.15) is 11.3 Å². The smallest absolute Gasteiger partial charge is 0.337 e. The Bertz CT molecular complexity index is 920. The zero-order valence-corrected chi connectivity index (χ0v) is 11.7. The number of fused-ring (bicyclic) bond motifs is 2. The Kier molecular flexibility index (Phi) is 2.42. The molecule has 0 spiro atoms. The first-order valence-electron chi connectivity index (χ1n) is 5.92. The van der Waals surface area contributed by atoms with E-state index in [4.69, 9.17) is 0 Å². The number of H-pyrrole nitrogens is 1. The molecule has 0 amide bonds. The van der Waals surface area contributed by atoms with Crippen molar-refractivity contribution in [2.24, 2.45) is 0 Å². The zero-order valence-electron chi connectivity index (χ0n) is 10.1. The van der Waals surface area contributed by atoms with Gasteiger partial charge in [0.2, 0.25) is 0 Å². The molecule has 0 unspecified atom stereocenters. The van der Waals surface area contributed by atoms with Crippen LogP contribution in [0, 0.1) is 0 Å². The number of thiophene rings is 2. The van der Waals surface area contributed by atoms with Crippen molar-refractivity contribution in [1.29, 1.82) is 0 Å². The van der Waals surface area contributed by atoms with Gasteiger partial charge in [0.05, 0.1) is 16.0 Å². The lowest BCUT2D eigenvalue weighted by atomic mass is 10.2. The molecule has 4 aromatic rings. The van der Waals surface area contributed by atoms with Gasteiger partial charge in [0.15, 0.2) is 0 Å². The van der Waals surface area contributed by atoms with Crippen molar-refractivity contribution in [2.75, 3.05) is 0 Å². The van der Waals surface area contributed by atoms with Crippen LogP contribution in [0.2, 0.25) is 0 Å². The number of para-hydroxylation sites is 1. The van der Waals surface area contributed by atoms with Crippen molar-refractivity contribution in [3.8, 4) is 10.7 Å². The molecule has 2 N–H and O–H groups in total. The molecule has 1 aromatic carbocycles. The third-order valence-corrected chi connectivity index (χ3v) is 5.22. The Labute approximate surface area is 121 Å². The minimum atomic E-state index is -0.958. The van der Waals surface area contributed by atoms with E-state index in [9.17, 15) is 9.90 Å². The first kappa shape index (κ1) is 11.6. The van der Waals surface area contributed by atoms with E-state index in [1.54, 1.807) is 34.8 Å². The molecule has 0 fully saturated rings. The molecule has 0 bridgehead atoms. The topological polar surface area (TPSA) is 66.0 Å². The minimum Gasteiger partial charge on any atom is -0.478 e. The maximum atomic E-state index is 11.2. The second kappa shape index (κ2) is 4.16. The van der Waals surface area contributed by atoms with Gasteiger partial charge >= 0.3 is 5.97 Å². The summed E-state index contributed by atoms with van der Waals surface area (Å²) in [7, 11) is 0. The van der Waals surface area contributed by atoms with Crippen LogP contribution in [0.15, 0.2) is 35.7 Å². The number of aromatic carboxylic acids is 1. The van der Waals surface area contributed by atoms with Crippen LogP contribution < -0.4 is 0 Å². The first-order valence-corrected chi connectivity index (χ1v) is 7.61. The lowest BCUT2D eigenvalue weighted by molar-refractivity contribution is 0.0699. The third-order valence-electron chi connectivity index (χ3n) is 3.12. The van der Waals surface area contributed by atoms with Crippen molar-refractivity contribution in [2.45, 2.75) is 0 Å². The second-order valence-electron chi connectivity index (χ2n) is 4.35. The van der Waals surface area contributed by atoms with Gasteiger partial charge in [-0.1, -0.05) is 6.07 Å². The van der Waals surface area contributed by atoms with Crippen LogP contribution in [0.1, 0.15) is 10.4 Å². The van der Waals surface area contributed by atoms with Gasteiger partial charge in [-0.15, -0.1) is 22.7 Å². The molecule has 6 heteroatoms. The Hall–Kier alpha value is -2.18. The van der Waals surface area contributed by atoms with Gasteiger partial charge in [-0.05, 0) is 29.6 Å². The SMILES string of the molecule is O=C(O)c1cccc2[nH]c(-c3cc4sccc4s3)nc12. The normalized spacial score (nSPS) is 11.4. The number of carbonyl (C=O) groups is 1. The number of rotatable bonds is 2. The van der Waals surface area contributed by atoms with Crippen LogP contribution >= 0.6 is 22.7 Å². The maximum absolute atomic E-state index is 11.2. The number of nitrogens with zero attached hydrogens (tertiary/aromatic N) is 1. The highest BCUT2D eigenvalue weighted by Gasteiger charge is 2.14. The molecule has 4 nitrogen and oxygen atoms in total. The molecule has 0 saturated carbocycles. The predicted molar refractivity (Wildman–Crippen MR) is 81.7 cm³/mol. The number of carboxylic acid groups (broad SMARTS) is 1. The summed E-state index contributed by atoms with van der Waals surface area (Å²) in [5.41, 5.74) is 1.48. The van der Waals surface area contributed by atoms with Crippen LogP contribution in [0.3, 0.4) is 0 Å². The Morgan fingerprint density at radius 2 is 2.15 bits per heavy atom.